The number of hydrogen-bond acceptors (Lipinski definition) is 4. The summed E-state index contributed by atoms with van der Waals surface area (Å²) in [6, 6.07) is 19.1. The predicted molar refractivity (Wildman–Crippen MR) is 134 cm³/mol. The average molecular weight is 462 g/mol. The number of nitrogens with zero attached hydrogens (tertiary/aromatic N) is 3. The van der Waals surface area contributed by atoms with Crippen LogP contribution in [0.5, 0.6) is 0 Å². The normalized spacial score (nSPS) is 17.1. The van der Waals surface area contributed by atoms with Gasteiger partial charge in [-0.15, -0.1) is 5.73 Å². The Labute approximate surface area is 202 Å². The summed E-state index contributed by atoms with van der Waals surface area (Å²) in [6.07, 6.45) is 9.39. The van der Waals surface area contributed by atoms with Crippen LogP contribution in [0, 0.1) is 5.92 Å². The van der Waals surface area contributed by atoms with Crippen LogP contribution in [0.15, 0.2) is 70.4 Å². The second kappa shape index (κ2) is 11.5. The quantitative estimate of drug-likeness (QED) is 0.354. The molecular formula is C28H32ClN3O. The lowest BCUT2D eigenvalue weighted by atomic mass is 9.79. The van der Waals surface area contributed by atoms with Gasteiger partial charge in [0.05, 0.1) is 0 Å². The van der Waals surface area contributed by atoms with Gasteiger partial charge in [-0.05, 0) is 87.4 Å². The molecule has 4 nitrogen and oxygen atoms in total. The Balaban J connectivity index is 1.31. The molecular weight excluding hydrogens is 430 g/mol. The van der Waals surface area contributed by atoms with Crippen LogP contribution in [0.3, 0.4) is 0 Å². The topological polar surface area (TPSA) is 42.2 Å². The maximum atomic E-state index is 5.95. The van der Waals surface area contributed by atoms with Crippen LogP contribution in [-0.4, -0.2) is 35.2 Å². The summed E-state index contributed by atoms with van der Waals surface area (Å²) in [5.74, 6) is 1.91. The van der Waals surface area contributed by atoms with Crippen LogP contribution in [-0.2, 0) is 12.8 Å². The van der Waals surface area contributed by atoms with Gasteiger partial charge < -0.3 is 9.42 Å². The third-order valence-electron chi connectivity index (χ3n) is 6.57. The molecule has 172 valence electrons. The molecule has 1 fully saturated rings. The average Bonchev–Trinajstić information content (AvgIpc) is 3.28. The van der Waals surface area contributed by atoms with Crippen molar-refractivity contribution in [1.82, 2.24) is 15.0 Å². The zero-order valence-electron chi connectivity index (χ0n) is 19.5. The van der Waals surface area contributed by atoms with E-state index in [0.29, 0.717) is 24.2 Å². The third-order valence-corrected chi connectivity index (χ3v) is 6.82. The first-order valence-electron chi connectivity index (χ1n) is 11.8. The summed E-state index contributed by atoms with van der Waals surface area (Å²) in [5, 5.41) is 4.82. The molecule has 1 aromatic heterocycles. The summed E-state index contributed by atoms with van der Waals surface area (Å²) in [4.78, 5) is 6.90. The molecule has 1 heterocycles. The summed E-state index contributed by atoms with van der Waals surface area (Å²) in [6.45, 7) is 0. The van der Waals surface area contributed by atoms with E-state index in [1.165, 1.54) is 30.4 Å². The molecule has 1 aliphatic rings. The van der Waals surface area contributed by atoms with E-state index in [-0.39, 0.29) is 0 Å². The monoisotopic (exact) mass is 461 g/mol. The molecule has 1 atom stereocenters. The van der Waals surface area contributed by atoms with E-state index in [1.54, 1.807) is 0 Å². The zero-order valence-corrected chi connectivity index (χ0v) is 20.3. The lowest BCUT2D eigenvalue weighted by Crippen LogP contribution is -2.37. The first-order chi connectivity index (χ1) is 16.1. The number of allylic oxidation sites excluding steroid dienone is 1. The fourth-order valence-electron chi connectivity index (χ4n) is 4.74. The second-order valence-corrected chi connectivity index (χ2v) is 9.57. The molecule has 0 spiro atoms. The fraction of sp³-hybridized carbons (Fsp3) is 0.393. The lowest BCUT2D eigenvalue weighted by Gasteiger charge is -2.35. The molecule has 5 heteroatoms. The van der Waals surface area contributed by atoms with Crippen LogP contribution < -0.4 is 0 Å². The van der Waals surface area contributed by atoms with Crippen LogP contribution in [0.2, 0.25) is 5.02 Å². The Bertz CT molecular complexity index is 1070. The van der Waals surface area contributed by atoms with E-state index in [4.69, 9.17) is 16.1 Å². The van der Waals surface area contributed by atoms with Gasteiger partial charge in [-0.3, -0.25) is 0 Å². The van der Waals surface area contributed by atoms with E-state index in [1.807, 2.05) is 30.3 Å². The van der Waals surface area contributed by atoms with E-state index in [0.717, 1.165) is 35.8 Å². The van der Waals surface area contributed by atoms with Gasteiger partial charge >= 0.3 is 0 Å². The molecule has 0 amide bonds. The maximum absolute atomic E-state index is 5.95. The molecule has 1 unspecified atom stereocenters. The summed E-state index contributed by atoms with van der Waals surface area (Å²) < 4.78 is 5.39. The number of hydrogen-bond donors (Lipinski definition) is 0. The van der Waals surface area contributed by atoms with E-state index >= 15 is 0 Å². The van der Waals surface area contributed by atoms with Crippen molar-refractivity contribution < 1.29 is 4.52 Å². The van der Waals surface area contributed by atoms with Gasteiger partial charge in [-0.1, -0.05) is 59.2 Å². The third kappa shape index (κ3) is 6.91. The van der Waals surface area contributed by atoms with Crippen molar-refractivity contribution >= 4 is 17.7 Å². The smallest absolute Gasteiger partial charge is 0.258 e. The van der Waals surface area contributed by atoms with Crippen LogP contribution >= 0.6 is 11.6 Å². The van der Waals surface area contributed by atoms with Crippen molar-refractivity contribution in [2.24, 2.45) is 5.92 Å². The molecule has 0 N–H and O–H groups in total. The molecule has 0 aliphatic heterocycles. The highest BCUT2D eigenvalue weighted by molar-refractivity contribution is 6.30. The predicted octanol–water partition coefficient (Wildman–Crippen LogP) is 6.61. The minimum absolute atomic E-state index is 0.516. The van der Waals surface area contributed by atoms with Crippen molar-refractivity contribution in [3.05, 3.63) is 93.8 Å². The Morgan fingerprint density at radius 1 is 1.06 bits per heavy atom. The highest BCUT2D eigenvalue weighted by Gasteiger charge is 2.26. The largest absolute Gasteiger partial charge is 0.334 e. The summed E-state index contributed by atoms with van der Waals surface area (Å²) in [5.41, 5.74) is 7.32. The number of halogens is 1. The molecule has 0 radical (unpaired) electrons. The van der Waals surface area contributed by atoms with Gasteiger partial charge in [-0.2, -0.15) is 4.98 Å². The minimum Gasteiger partial charge on any atom is -0.334 e. The standard InChI is InChI=1S/C28H32ClN3O/c1-32(2)26(18-12-21-6-4-3-5-7-21)24-14-8-22(9-15-24)13-19-28-30-27(31-33-28)20-23-10-16-25(29)17-11-23/h3-7,10-11,16-17,19,24,26H,8-9,12,14-15,18,20H2,1-2H3. The first-order valence-corrected chi connectivity index (χ1v) is 12.2. The molecule has 3 aromatic rings. The minimum atomic E-state index is 0.516. The fourth-order valence-corrected chi connectivity index (χ4v) is 4.86. The van der Waals surface area contributed by atoms with E-state index in [9.17, 15) is 0 Å². The SMILES string of the molecule is CN(C)C(CCc1ccccc1)C1CCC(=C=Cc2nc(Cc3ccc(Cl)cc3)no2)CC1. The van der Waals surface area contributed by atoms with Crippen molar-refractivity contribution in [3.8, 4) is 0 Å². The van der Waals surface area contributed by atoms with E-state index in [2.05, 4.69) is 65.2 Å². The van der Waals surface area contributed by atoms with Crippen molar-refractivity contribution in [3.63, 3.8) is 0 Å². The van der Waals surface area contributed by atoms with Gasteiger partial charge in [0.25, 0.3) is 5.89 Å². The molecule has 1 saturated carbocycles. The molecule has 2 aromatic carbocycles. The Hall–Kier alpha value is -2.65. The van der Waals surface area contributed by atoms with Crippen molar-refractivity contribution in [2.75, 3.05) is 14.1 Å². The lowest BCUT2D eigenvalue weighted by molar-refractivity contribution is 0.171. The molecule has 4 rings (SSSR count). The number of aromatic nitrogens is 2. The van der Waals surface area contributed by atoms with Crippen LogP contribution in [0.1, 0.15) is 54.9 Å². The van der Waals surface area contributed by atoms with Crippen molar-refractivity contribution in [1.29, 1.82) is 0 Å². The Morgan fingerprint density at radius 2 is 1.79 bits per heavy atom. The highest BCUT2D eigenvalue weighted by Crippen LogP contribution is 2.33. The van der Waals surface area contributed by atoms with Crippen LogP contribution in [0.4, 0.5) is 0 Å². The van der Waals surface area contributed by atoms with Crippen LogP contribution in [0.25, 0.3) is 6.08 Å². The van der Waals surface area contributed by atoms with E-state index < -0.39 is 0 Å². The van der Waals surface area contributed by atoms with Gasteiger partial charge in [0.1, 0.15) is 0 Å². The van der Waals surface area contributed by atoms with Gasteiger partial charge in [-0.25, -0.2) is 0 Å². The Kier molecular flexibility index (Phi) is 8.17. The first kappa shape index (κ1) is 23.5. The highest BCUT2D eigenvalue weighted by atomic mass is 35.5. The zero-order chi connectivity index (χ0) is 23.0. The summed E-state index contributed by atoms with van der Waals surface area (Å²) in [7, 11) is 4.44. The van der Waals surface area contributed by atoms with Gasteiger partial charge in [0.15, 0.2) is 5.82 Å². The summed E-state index contributed by atoms with van der Waals surface area (Å²) >= 11 is 5.95. The number of aryl methyl sites for hydroxylation is 1. The maximum Gasteiger partial charge on any atom is 0.258 e. The number of benzene rings is 2. The molecule has 1 aliphatic carbocycles. The second-order valence-electron chi connectivity index (χ2n) is 9.14. The molecule has 33 heavy (non-hydrogen) atoms. The molecule has 0 saturated heterocycles. The molecule has 0 bridgehead atoms. The number of rotatable bonds is 8. The van der Waals surface area contributed by atoms with Crippen molar-refractivity contribution in [2.45, 2.75) is 51.0 Å². The Morgan fingerprint density at radius 3 is 2.48 bits per heavy atom. The van der Waals surface area contributed by atoms with Gasteiger partial charge in [0, 0.05) is 23.6 Å². The van der Waals surface area contributed by atoms with Gasteiger partial charge in [0.2, 0.25) is 0 Å².